The van der Waals surface area contributed by atoms with Crippen LogP contribution in [0.1, 0.15) is 29.8 Å². The van der Waals surface area contributed by atoms with Gasteiger partial charge in [0.1, 0.15) is 0 Å². The van der Waals surface area contributed by atoms with E-state index in [1.807, 2.05) is 0 Å². The van der Waals surface area contributed by atoms with Crippen LogP contribution in [0.3, 0.4) is 0 Å². The van der Waals surface area contributed by atoms with Gasteiger partial charge in [-0.3, -0.25) is 9.69 Å². The molecule has 0 aliphatic heterocycles. The Balaban J connectivity index is 3.03. The maximum absolute atomic E-state index is 12.4. The van der Waals surface area contributed by atoms with Crippen molar-refractivity contribution < 1.29 is 18.0 Å². The van der Waals surface area contributed by atoms with Gasteiger partial charge in [0, 0.05) is 5.56 Å². The minimum Gasteiger partial charge on any atom is -0.297 e. The van der Waals surface area contributed by atoms with E-state index in [0.717, 1.165) is 12.1 Å². The second kappa shape index (κ2) is 4.72. The quantitative estimate of drug-likeness (QED) is 0.777. The Kier molecular flexibility index (Phi) is 3.86. The van der Waals surface area contributed by atoms with Gasteiger partial charge in [-0.2, -0.15) is 13.2 Å². The second-order valence-electron chi connectivity index (χ2n) is 4.86. The zero-order valence-corrected chi connectivity index (χ0v) is 10.8. The van der Waals surface area contributed by atoms with Crippen LogP contribution in [0.4, 0.5) is 13.2 Å². The highest BCUT2D eigenvalue weighted by atomic mass is 19.4. The molecule has 0 saturated carbocycles. The number of Topliss-reactive ketones (excluding diaryl/α,β-unsaturated/α-hetero) is 1. The Morgan fingerprint density at radius 3 is 1.83 bits per heavy atom. The van der Waals surface area contributed by atoms with Crippen molar-refractivity contribution in [2.45, 2.75) is 25.6 Å². The van der Waals surface area contributed by atoms with Crippen LogP contribution in [0, 0.1) is 0 Å². The number of benzene rings is 1. The van der Waals surface area contributed by atoms with Crippen LogP contribution in [0.25, 0.3) is 0 Å². The third-order valence-corrected chi connectivity index (χ3v) is 3.15. The lowest BCUT2D eigenvalue weighted by Gasteiger charge is -2.30. The number of hydrogen-bond donors (Lipinski definition) is 0. The molecule has 0 fully saturated rings. The number of carbonyl (C=O) groups excluding carboxylic acids is 1. The number of rotatable bonds is 3. The molecule has 0 heterocycles. The van der Waals surface area contributed by atoms with Gasteiger partial charge >= 0.3 is 6.18 Å². The number of hydrogen-bond acceptors (Lipinski definition) is 2. The summed E-state index contributed by atoms with van der Waals surface area (Å²) in [4.78, 5) is 13.9. The molecule has 0 aromatic heterocycles. The maximum atomic E-state index is 12.4. The predicted octanol–water partition coefficient (Wildman–Crippen LogP) is 3.23. The Labute approximate surface area is 104 Å². The third-order valence-electron chi connectivity index (χ3n) is 3.15. The second-order valence-corrected chi connectivity index (χ2v) is 4.86. The summed E-state index contributed by atoms with van der Waals surface area (Å²) in [5, 5.41) is 0. The van der Waals surface area contributed by atoms with Crippen LogP contribution >= 0.6 is 0 Å². The molecular weight excluding hydrogens is 243 g/mol. The largest absolute Gasteiger partial charge is 0.416 e. The van der Waals surface area contributed by atoms with Crippen LogP contribution in [0.2, 0.25) is 0 Å². The van der Waals surface area contributed by atoms with Gasteiger partial charge in [0.05, 0.1) is 11.1 Å². The first-order valence-corrected chi connectivity index (χ1v) is 5.46. The normalized spacial score (nSPS) is 12.9. The van der Waals surface area contributed by atoms with E-state index in [-0.39, 0.29) is 11.3 Å². The Morgan fingerprint density at radius 2 is 1.50 bits per heavy atom. The smallest absolute Gasteiger partial charge is 0.297 e. The molecule has 0 aliphatic carbocycles. The molecule has 0 amide bonds. The van der Waals surface area contributed by atoms with Gasteiger partial charge < -0.3 is 0 Å². The van der Waals surface area contributed by atoms with Crippen LogP contribution < -0.4 is 0 Å². The highest BCUT2D eigenvalue weighted by Crippen LogP contribution is 2.29. The van der Waals surface area contributed by atoms with Crippen molar-refractivity contribution in [2.75, 3.05) is 14.1 Å². The number of carbonyl (C=O) groups is 1. The summed E-state index contributed by atoms with van der Waals surface area (Å²) in [5.74, 6) is -0.207. The van der Waals surface area contributed by atoms with Gasteiger partial charge in [-0.25, -0.2) is 0 Å². The van der Waals surface area contributed by atoms with Gasteiger partial charge in [-0.15, -0.1) is 0 Å². The van der Waals surface area contributed by atoms with Crippen molar-refractivity contribution in [1.29, 1.82) is 0 Å². The maximum Gasteiger partial charge on any atom is 0.416 e. The molecule has 0 aliphatic rings. The monoisotopic (exact) mass is 259 g/mol. The number of ketones is 1. The third kappa shape index (κ3) is 2.90. The van der Waals surface area contributed by atoms with Gasteiger partial charge in [0.25, 0.3) is 0 Å². The van der Waals surface area contributed by atoms with Gasteiger partial charge in [-0.1, -0.05) is 12.1 Å². The summed E-state index contributed by atoms with van der Waals surface area (Å²) in [6.07, 6.45) is -4.38. The SMILES string of the molecule is CN(C)C(C)(C)C(=O)c1ccc(C(F)(F)F)cc1. The first kappa shape index (κ1) is 14.7. The standard InChI is InChI=1S/C13H16F3NO/c1-12(2,17(3)4)11(18)9-5-7-10(8-6-9)13(14,15)16/h5-8H,1-4H3. The van der Waals surface area contributed by atoms with Crippen molar-refractivity contribution >= 4 is 5.78 Å². The zero-order chi connectivity index (χ0) is 14.1. The Morgan fingerprint density at radius 1 is 1.06 bits per heavy atom. The fourth-order valence-corrected chi connectivity index (χ4v) is 1.37. The minimum absolute atomic E-state index is 0.207. The van der Waals surface area contributed by atoms with E-state index in [1.54, 1.807) is 32.8 Å². The molecule has 5 heteroatoms. The lowest BCUT2D eigenvalue weighted by Crippen LogP contribution is -2.45. The molecule has 0 atom stereocenters. The molecule has 0 radical (unpaired) electrons. The molecule has 2 nitrogen and oxygen atoms in total. The molecule has 18 heavy (non-hydrogen) atoms. The molecule has 100 valence electrons. The van der Waals surface area contributed by atoms with Gasteiger partial charge in [0.15, 0.2) is 5.78 Å². The molecule has 0 unspecified atom stereocenters. The lowest BCUT2D eigenvalue weighted by molar-refractivity contribution is -0.137. The van der Waals surface area contributed by atoms with Gasteiger partial charge in [-0.05, 0) is 40.1 Å². The average Bonchev–Trinajstić information content (AvgIpc) is 2.26. The van der Waals surface area contributed by atoms with Crippen molar-refractivity contribution in [2.24, 2.45) is 0 Å². The minimum atomic E-state index is -4.38. The van der Waals surface area contributed by atoms with E-state index >= 15 is 0 Å². The highest BCUT2D eigenvalue weighted by Gasteiger charge is 2.33. The lowest BCUT2D eigenvalue weighted by atomic mass is 9.91. The molecule has 1 aromatic carbocycles. The number of alkyl halides is 3. The Hall–Kier alpha value is -1.36. The first-order chi connectivity index (χ1) is 8.06. The van der Waals surface area contributed by atoms with E-state index in [9.17, 15) is 18.0 Å². The first-order valence-electron chi connectivity index (χ1n) is 5.46. The predicted molar refractivity (Wildman–Crippen MR) is 63.5 cm³/mol. The topological polar surface area (TPSA) is 20.3 Å². The van der Waals surface area contributed by atoms with Crippen molar-refractivity contribution in [1.82, 2.24) is 4.90 Å². The van der Waals surface area contributed by atoms with Crippen molar-refractivity contribution in [3.8, 4) is 0 Å². The Bertz CT molecular complexity index is 433. The fraction of sp³-hybridized carbons (Fsp3) is 0.462. The molecule has 1 rings (SSSR count). The van der Waals surface area contributed by atoms with E-state index in [1.165, 1.54) is 12.1 Å². The van der Waals surface area contributed by atoms with E-state index < -0.39 is 17.3 Å². The molecule has 0 spiro atoms. The fourth-order valence-electron chi connectivity index (χ4n) is 1.37. The van der Waals surface area contributed by atoms with Crippen molar-refractivity contribution in [3.63, 3.8) is 0 Å². The summed E-state index contributed by atoms with van der Waals surface area (Å²) in [5.41, 5.74) is -1.22. The van der Waals surface area contributed by atoms with Crippen molar-refractivity contribution in [3.05, 3.63) is 35.4 Å². The molecule has 0 N–H and O–H groups in total. The molecular formula is C13H16F3NO. The molecule has 1 aromatic rings. The van der Waals surface area contributed by atoms with Gasteiger partial charge in [0.2, 0.25) is 0 Å². The van der Waals surface area contributed by atoms with Crippen LogP contribution in [0.15, 0.2) is 24.3 Å². The molecule has 0 bridgehead atoms. The summed E-state index contributed by atoms with van der Waals surface area (Å²) in [6.45, 7) is 3.46. The number of likely N-dealkylation sites (N-methyl/N-ethyl adjacent to an activating group) is 1. The molecule has 0 saturated heterocycles. The van der Waals surface area contributed by atoms with Crippen LogP contribution in [-0.4, -0.2) is 30.3 Å². The summed E-state index contributed by atoms with van der Waals surface area (Å²) >= 11 is 0. The highest BCUT2D eigenvalue weighted by molar-refractivity contribution is 6.02. The number of halogens is 3. The summed E-state index contributed by atoms with van der Waals surface area (Å²) in [6, 6.07) is 4.30. The van der Waals surface area contributed by atoms with E-state index in [2.05, 4.69) is 0 Å². The zero-order valence-electron chi connectivity index (χ0n) is 10.8. The van der Waals surface area contributed by atoms with E-state index in [0.29, 0.717) is 0 Å². The van der Waals surface area contributed by atoms with E-state index in [4.69, 9.17) is 0 Å². The summed E-state index contributed by atoms with van der Waals surface area (Å²) in [7, 11) is 3.50. The number of nitrogens with zero attached hydrogens (tertiary/aromatic N) is 1. The van der Waals surface area contributed by atoms with Crippen LogP contribution in [0.5, 0.6) is 0 Å². The van der Waals surface area contributed by atoms with Crippen LogP contribution in [-0.2, 0) is 6.18 Å². The summed E-state index contributed by atoms with van der Waals surface area (Å²) < 4.78 is 37.2. The average molecular weight is 259 g/mol.